The molecule has 3 nitrogen and oxygen atoms in total. The maximum Gasteiger partial charge on any atom is 0.333 e. The Hall–Kier alpha value is -6.78. The van der Waals surface area contributed by atoms with E-state index in [9.17, 15) is 0 Å². The molecule has 0 aliphatic carbocycles. The molecule has 2 aliphatic heterocycles. The zero-order valence-corrected chi connectivity index (χ0v) is 32.8. The van der Waals surface area contributed by atoms with Crippen LogP contribution in [-0.2, 0) is 6.42 Å². The maximum atomic E-state index is 6.76. The standard InChI is InChI=1S/C54H41BN2O/c1-3-4-6-13-35-22-24-37(25-23-35)43-32-44-42-18-11-12-19-46(42)57(40-27-20-34(2)21-28-40)55-45-30-39-31-49(38-15-7-5-8-16-38)58-50(39)33-48(45)56-47-29-26-36-14-9-10-17-41(36)51(47)52(43)54(56)53(44)55/h5,7-12,14-33H,3-4,6,13H2,1-2H3. The molecule has 0 saturated carbocycles. The molecule has 0 radical (unpaired) electrons. The minimum Gasteiger partial charge on any atom is -0.456 e. The van der Waals surface area contributed by atoms with Crippen molar-refractivity contribution >= 4 is 72.7 Å². The van der Waals surface area contributed by atoms with Gasteiger partial charge in [0, 0.05) is 50.4 Å². The van der Waals surface area contributed by atoms with Gasteiger partial charge < -0.3 is 13.8 Å². The minimum atomic E-state index is -0.0809. The number of aryl methyl sites for hydroxylation is 2. The molecule has 10 aromatic rings. The smallest absolute Gasteiger partial charge is 0.333 e. The molecule has 0 atom stereocenters. The van der Waals surface area contributed by atoms with Crippen molar-refractivity contribution in [3.05, 3.63) is 175 Å². The molecule has 8 aromatic carbocycles. The summed E-state index contributed by atoms with van der Waals surface area (Å²) < 4.78 is 9.34. The average molecular weight is 745 g/mol. The molecule has 0 N–H and O–H groups in total. The van der Waals surface area contributed by atoms with Gasteiger partial charge in [0.05, 0.1) is 11.0 Å². The fourth-order valence-electron chi connectivity index (χ4n) is 10.1. The zero-order valence-electron chi connectivity index (χ0n) is 32.8. The van der Waals surface area contributed by atoms with Gasteiger partial charge in [0.25, 0.3) is 0 Å². The van der Waals surface area contributed by atoms with E-state index in [4.69, 9.17) is 4.42 Å². The van der Waals surface area contributed by atoms with Gasteiger partial charge >= 0.3 is 6.85 Å². The molecule has 58 heavy (non-hydrogen) atoms. The third-order valence-electron chi connectivity index (χ3n) is 12.9. The summed E-state index contributed by atoms with van der Waals surface area (Å²) in [6, 6.07) is 61.1. The van der Waals surface area contributed by atoms with Gasteiger partial charge in [0.1, 0.15) is 11.3 Å². The minimum absolute atomic E-state index is 0.0809. The number of furan rings is 1. The van der Waals surface area contributed by atoms with Crippen LogP contribution in [0.5, 0.6) is 0 Å². The molecule has 0 spiro atoms. The highest BCUT2D eigenvalue weighted by Crippen LogP contribution is 2.49. The lowest BCUT2D eigenvalue weighted by atomic mass is 9.43. The van der Waals surface area contributed by atoms with E-state index in [1.165, 1.54) is 113 Å². The molecule has 4 heteroatoms. The van der Waals surface area contributed by atoms with E-state index in [1.807, 2.05) is 0 Å². The lowest BCUT2D eigenvalue weighted by Crippen LogP contribution is -2.60. The largest absolute Gasteiger partial charge is 0.456 e. The van der Waals surface area contributed by atoms with Crippen LogP contribution in [0.4, 0.5) is 11.4 Å². The first-order valence-electron chi connectivity index (χ1n) is 20.9. The monoisotopic (exact) mass is 744 g/mol. The first-order chi connectivity index (χ1) is 28.6. The molecular weight excluding hydrogens is 703 g/mol. The number of anilines is 2. The first-order valence-corrected chi connectivity index (χ1v) is 20.9. The molecule has 0 bridgehead atoms. The van der Waals surface area contributed by atoms with Crippen molar-refractivity contribution in [2.75, 3.05) is 4.81 Å². The number of hydrogen-bond acceptors (Lipinski definition) is 2. The fraction of sp³-hybridized carbons (Fsp3) is 0.111. The van der Waals surface area contributed by atoms with E-state index in [0.717, 1.165) is 28.7 Å². The van der Waals surface area contributed by atoms with E-state index in [2.05, 4.69) is 187 Å². The normalized spacial score (nSPS) is 12.9. The summed E-state index contributed by atoms with van der Waals surface area (Å²) in [7, 11) is 0. The third-order valence-corrected chi connectivity index (χ3v) is 12.9. The van der Waals surface area contributed by atoms with Crippen LogP contribution < -0.4 is 15.7 Å². The van der Waals surface area contributed by atoms with E-state index >= 15 is 0 Å². The quantitative estimate of drug-likeness (QED) is 0.120. The lowest BCUT2D eigenvalue weighted by molar-refractivity contribution is 0.631. The Balaban J connectivity index is 1.24. The van der Waals surface area contributed by atoms with Crippen molar-refractivity contribution in [1.82, 2.24) is 4.57 Å². The van der Waals surface area contributed by atoms with Crippen molar-refractivity contribution in [3.63, 3.8) is 0 Å². The van der Waals surface area contributed by atoms with Gasteiger partial charge in [-0.2, -0.15) is 0 Å². The molecule has 2 aliphatic rings. The van der Waals surface area contributed by atoms with Crippen molar-refractivity contribution in [1.29, 1.82) is 0 Å². The number of benzene rings is 8. The Morgan fingerprint density at radius 2 is 1.38 bits per heavy atom. The first kappa shape index (κ1) is 33.4. The van der Waals surface area contributed by atoms with Crippen LogP contribution in [0, 0.1) is 6.92 Å². The Bertz CT molecular complexity index is 3250. The molecule has 0 fully saturated rings. The van der Waals surface area contributed by atoms with E-state index < -0.39 is 0 Å². The number of aromatic nitrogens is 1. The molecule has 12 rings (SSSR count). The fourth-order valence-corrected chi connectivity index (χ4v) is 10.1. The van der Waals surface area contributed by atoms with Crippen LogP contribution in [-0.4, -0.2) is 11.4 Å². The second kappa shape index (κ2) is 12.9. The van der Waals surface area contributed by atoms with Crippen LogP contribution in [0.1, 0.15) is 37.3 Å². The highest BCUT2D eigenvalue weighted by atomic mass is 16.3. The Kier molecular flexibility index (Phi) is 7.41. The summed E-state index contributed by atoms with van der Waals surface area (Å²) in [4.78, 5) is 2.60. The van der Waals surface area contributed by atoms with Gasteiger partial charge in [-0.15, -0.1) is 0 Å². The molecule has 2 aromatic heterocycles. The highest BCUT2D eigenvalue weighted by molar-refractivity contribution is 6.94. The number of hydrogen-bond donors (Lipinski definition) is 0. The Morgan fingerprint density at radius 3 is 2.22 bits per heavy atom. The molecular formula is C54H41BN2O. The van der Waals surface area contributed by atoms with E-state index in [1.54, 1.807) is 0 Å². The van der Waals surface area contributed by atoms with Gasteiger partial charge in [0.15, 0.2) is 0 Å². The molecule has 4 heterocycles. The summed E-state index contributed by atoms with van der Waals surface area (Å²) in [5.74, 6) is 0.884. The number of fused-ring (bicyclic) bond motifs is 11. The third kappa shape index (κ3) is 4.88. The van der Waals surface area contributed by atoms with E-state index in [0.29, 0.717) is 0 Å². The topological polar surface area (TPSA) is 21.3 Å². The summed E-state index contributed by atoms with van der Waals surface area (Å²) in [5.41, 5.74) is 18.4. The van der Waals surface area contributed by atoms with Crippen LogP contribution in [0.15, 0.2) is 168 Å². The maximum absolute atomic E-state index is 6.76. The summed E-state index contributed by atoms with van der Waals surface area (Å²) in [5, 5.41) is 6.25. The van der Waals surface area contributed by atoms with Crippen molar-refractivity contribution in [2.24, 2.45) is 0 Å². The second-order valence-corrected chi connectivity index (χ2v) is 16.3. The van der Waals surface area contributed by atoms with Gasteiger partial charge in [-0.1, -0.05) is 147 Å². The highest BCUT2D eigenvalue weighted by Gasteiger charge is 2.45. The predicted octanol–water partition coefficient (Wildman–Crippen LogP) is 13.3. The molecule has 0 unspecified atom stereocenters. The van der Waals surface area contributed by atoms with E-state index in [-0.39, 0.29) is 6.85 Å². The second-order valence-electron chi connectivity index (χ2n) is 16.3. The summed E-state index contributed by atoms with van der Waals surface area (Å²) in [6.07, 6.45) is 4.84. The van der Waals surface area contributed by atoms with Crippen LogP contribution in [0.3, 0.4) is 0 Å². The Labute approximate surface area is 338 Å². The van der Waals surface area contributed by atoms with Crippen LogP contribution in [0.25, 0.3) is 82.8 Å². The van der Waals surface area contributed by atoms with Crippen molar-refractivity contribution in [3.8, 4) is 39.3 Å². The van der Waals surface area contributed by atoms with Crippen LogP contribution >= 0.6 is 0 Å². The average Bonchev–Trinajstić information content (AvgIpc) is 3.86. The summed E-state index contributed by atoms with van der Waals surface area (Å²) in [6.45, 7) is 4.37. The number of para-hydroxylation sites is 1. The Morgan fingerprint density at radius 1 is 0.586 bits per heavy atom. The SMILES string of the molecule is CCCCCc1ccc(-c2cc3c4c5c2c2c6ccccc6ccc2n5-c2cc5oc(-c6ccccc6)cc5cc2B4N(c2ccc(C)cc2)c2ccccc2-3)cc1. The molecule has 276 valence electrons. The van der Waals surface area contributed by atoms with Crippen molar-refractivity contribution < 1.29 is 4.42 Å². The molecule has 0 saturated heterocycles. The number of nitrogens with zero attached hydrogens (tertiary/aromatic N) is 2. The number of rotatable bonds is 7. The van der Waals surface area contributed by atoms with Gasteiger partial charge in [-0.3, -0.25) is 0 Å². The lowest BCUT2D eigenvalue weighted by Gasteiger charge is -2.42. The summed E-state index contributed by atoms with van der Waals surface area (Å²) >= 11 is 0. The van der Waals surface area contributed by atoms with Gasteiger partial charge in [-0.25, -0.2) is 0 Å². The van der Waals surface area contributed by atoms with Crippen LogP contribution in [0.2, 0.25) is 0 Å². The predicted molar refractivity (Wildman–Crippen MR) is 246 cm³/mol. The number of unbranched alkanes of at least 4 members (excludes halogenated alkanes) is 2. The van der Waals surface area contributed by atoms with Gasteiger partial charge in [-0.05, 0) is 100 Å². The van der Waals surface area contributed by atoms with Crippen molar-refractivity contribution in [2.45, 2.75) is 39.5 Å². The zero-order chi connectivity index (χ0) is 38.5. The molecule has 0 amide bonds. The van der Waals surface area contributed by atoms with Gasteiger partial charge in [0.2, 0.25) is 0 Å².